The number of rotatable bonds is 13. The van der Waals surface area contributed by atoms with Crippen LogP contribution in [0, 0.1) is 0 Å². The van der Waals surface area contributed by atoms with Crippen molar-refractivity contribution >= 4 is 23.4 Å². The molecule has 0 aliphatic rings. The molecule has 4 aromatic rings. The Morgan fingerprint density at radius 3 is 2.28 bits per heavy atom. The number of hydrogen-bond acceptors (Lipinski definition) is 3. The van der Waals surface area contributed by atoms with E-state index in [-0.39, 0.29) is 45.2 Å². The van der Waals surface area contributed by atoms with Crippen molar-refractivity contribution in [3.05, 3.63) is 137 Å². The van der Waals surface area contributed by atoms with Crippen LogP contribution in [-0.2, 0) is 35.4 Å². The second-order valence-electron chi connectivity index (χ2n) is 9.87. The van der Waals surface area contributed by atoms with E-state index in [0.29, 0.717) is 16.3 Å². The Hall–Kier alpha value is -4.50. The molecule has 224 valence electrons. The molecule has 0 saturated carbocycles. The van der Waals surface area contributed by atoms with Crippen molar-refractivity contribution in [3.8, 4) is 5.75 Å². The van der Waals surface area contributed by atoms with E-state index < -0.39 is 17.6 Å². The topological polar surface area (TPSA) is 54.8 Å². The molecule has 0 N–H and O–H groups in total. The number of alkyl halides is 3. The van der Waals surface area contributed by atoms with Crippen molar-refractivity contribution in [2.24, 2.45) is 0 Å². The van der Waals surface area contributed by atoms with Gasteiger partial charge in [0.25, 0.3) is 5.91 Å². The fourth-order valence-corrected chi connectivity index (χ4v) is 4.59. The van der Waals surface area contributed by atoms with Crippen LogP contribution >= 0.6 is 11.6 Å². The van der Waals surface area contributed by atoms with Crippen LogP contribution in [0.2, 0.25) is 5.02 Å². The van der Waals surface area contributed by atoms with Crippen molar-refractivity contribution in [2.45, 2.75) is 25.8 Å². The lowest BCUT2D eigenvalue weighted by molar-refractivity contribution is -0.141. The molecule has 10 heteroatoms. The van der Waals surface area contributed by atoms with Crippen LogP contribution < -0.4 is 4.74 Å². The van der Waals surface area contributed by atoms with Crippen LogP contribution in [-0.4, -0.2) is 45.9 Å². The molecule has 0 bridgehead atoms. The molecule has 2 amide bonds. The van der Waals surface area contributed by atoms with Crippen molar-refractivity contribution < 1.29 is 27.5 Å². The van der Waals surface area contributed by atoms with Crippen LogP contribution in [0.3, 0.4) is 0 Å². The first-order valence-electron chi connectivity index (χ1n) is 13.5. The van der Waals surface area contributed by atoms with E-state index in [1.54, 1.807) is 47.5 Å². The van der Waals surface area contributed by atoms with Crippen LogP contribution in [0.4, 0.5) is 13.2 Å². The molecule has 6 nitrogen and oxygen atoms in total. The Morgan fingerprint density at radius 1 is 0.860 bits per heavy atom. The molecule has 43 heavy (non-hydrogen) atoms. The summed E-state index contributed by atoms with van der Waals surface area (Å²) in [6, 6.07) is 24.8. The van der Waals surface area contributed by atoms with Gasteiger partial charge in [-0.05, 0) is 59.7 Å². The number of ether oxygens (including phenoxy) is 1. The Bertz CT molecular complexity index is 1520. The monoisotopic (exact) mass is 609 g/mol. The third-order valence-corrected chi connectivity index (χ3v) is 6.91. The second-order valence-corrected chi connectivity index (χ2v) is 10.3. The van der Waals surface area contributed by atoms with Crippen LogP contribution in [0.15, 0.2) is 110 Å². The molecule has 3 aromatic carbocycles. The molecule has 0 saturated heterocycles. The summed E-state index contributed by atoms with van der Waals surface area (Å²) in [7, 11) is 0. The highest BCUT2D eigenvalue weighted by atomic mass is 35.5. The van der Waals surface area contributed by atoms with Gasteiger partial charge in [-0.3, -0.25) is 9.59 Å². The molecule has 0 unspecified atom stereocenters. The molecule has 0 radical (unpaired) electrons. The highest BCUT2D eigenvalue weighted by Crippen LogP contribution is 2.30. The van der Waals surface area contributed by atoms with Gasteiger partial charge >= 0.3 is 6.18 Å². The first kappa shape index (κ1) is 31.4. The first-order chi connectivity index (χ1) is 20.6. The van der Waals surface area contributed by atoms with E-state index in [9.17, 15) is 22.8 Å². The molecular weight excluding hydrogens is 579 g/mol. The highest BCUT2D eigenvalue weighted by molar-refractivity contribution is 6.30. The minimum atomic E-state index is -4.44. The summed E-state index contributed by atoms with van der Waals surface area (Å²) in [6.07, 6.45) is -1.14. The van der Waals surface area contributed by atoms with Crippen molar-refractivity contribution in [1.82, 2.24) is 14.4 Å². The average molecular weight is 610 g/mol. The Labute approximate surface area is 253 Å². The Morgan fingerprint density at radius 2 is 1.58 bits per heavy atom. The van der Waals surface area contributed by atoms with Gasteiger partial charge in [-0.15, -0.1) is 6.58 Å². The third-order valence-electron chi connectivity index (χ3n) is 6.66. The number of hydrogen-bond donors (Lipinski definition) is 0. The molecule has 0 spiro atoms. The van der Waals surface area contributed by atoms with E-state index in [1.165, 1.54) is 17.0 Å². The number of halogens is 4. The van der Waals surface area contributed by atoms with Crippen LogP contribution in [0.5, 0.6) is 5.75 Å². The summed E-state index contributed by atoms with van der Waals surface area (Å²) in [5, 5.41) is 0.539. The zero-order valence-corrected chi connectivity index (χ0v) is 24.1. The van der Waals surface area contributed by atoms with E-state index in [1.807, 2.05) is 41.0 Å². The number of benzene rings is 3. The molecule has 1 aromatic heterocycles. The molecule has 0 aliphatic carbocycles. The highest BCUT2D eigenvalue weighted by Gasteiger charge is 2.30. The number of amides is 2. The summed E-state index contributed by atoms with van der Waals surface area (Å²) in [4.78, 5) is 29.7. The Balaban J connectivity index is 1.50. The molecular formula is C33H31ClF3N3O3. The van der Waals surface area contributed by atoms with Crippen molar-refractivity contribution in [3.63, 3.8) is 0 Å². The summed E-state index contributed by atoms with van der Waals surface area (Å²) in [5.41, 5.74) is 1.39. The van der Waals surface area contributed by atoms with Crippen molar-refractivity contribution in [1.29, 1.82) is 0 Å². The van der Waals surface area contributed by atoms with Crippen molar-refractivity contribution in [2.75, 3.05) is 19.7 Å². The standard InChI is InChI=1S/C33H31ClF3N3O3/c1-2-17-39(32(42)24-43-30-15-13-28(34)14-16-30)23-31(41)40(20-25-8-4-3-5-9-25)22-29-12-7-18-38(29)21-26-10-6-11-27(19-26)33(35,36)37/h2-16,18-19H,1,17,20-24H2. The maximum Gasteiger partial charge on any atom is 0.416 e. The largest absolute Gasteiger partial charge is 0.484 e. The van der Waals surface area contributed by atoms with Crippen LogP contribution in [0.25, 0.3) is 0 Å². The van der Waals surface area contributed by atoms with Gasteiger partial charge in [0, 0.05) is 36.5 Å². The summed E-state index contributed by atoms with van der Waals surface area (Å²) >= 11 is 5.91. The number of aromatic nitrogens is 1. The smallest absolute Gasteiger partial charge is 0.416 e. The zero-order valence-electron chi connectivity index (χ0n) is 23.3. The lowest BCUT2D eigenvalue weighted by atomic mass is 10.1. The minimum absolute atomic E-state index is 0.139. The van der Waals surface area contributed by atoms with Gasteiger partial charge in [-0.1, -0.05) is 60.1 Å². The summed E-state index contributed by atoms with van der Waals surface area (Å²) in [5.74, 6) is -0.233. The molecule has 0 fully saturated rings. The maximum absolute atomic E-state index is 13.7. The van der Waals surface area contributed by atoms with Crippen LogP contribution in [0.1, 0.15) is 22.4 Å². The van der Waals surface area contributed by atoms with E-state index in [4.69, 9.17) is 16.3 Å². The average Bonchev–Trinajstić information content (AvgIpc) is 3.42. The molecule has 4 rings (SSSR count). The van der Waals surface area contributed by atoms with Gasteiger partial charge in [0.1, 0.15) is 12.3 Å². The molecule has 0 aliphatic heterocycles. The van der Waals surface area contributed by atoms with Gasteiger partial charge in [0.05, 0.1) is 12.1 Å². The predicted molar refractivity (Wildman–Crippen MR) is 159 cm³/mol. The third kappa shape index (κ3) is 9.24. The fourth-order valence-electron chi connectivity index (χ4n) is 4.46. The first-order valence-corrected chi connectivity index (χ1v) is 13.9. The number of carbonyl (C=O) groups excluding carboxylic acids is 2. The summed E-state index contributed by atoms with van der Waals surface area (Å²) < 4.78 is 47.2. The zero-order chi connectivity index (χ0) is 30.8. The predicted octanol–water partition coefficient (Wildman–Crippen LogP) is 6.83. The normalized spacial score (nSPS) is 11.2. The van der Waals surface area contributed by atoms with Gasteiger partial charge in [0.2, 0.25) is 5.91 Å². The van der Waals surface area contributed by atoms with E-state index >= 15 is 0 Å². The van der Waals surface area contributed by atoms with E-state index in [2.05, 4.69) is 6.58 Å². The quantitative estimate of drug-likeness (QED) is 0.156. The molecule has 0 atom stereocenters. The minimum Gasteiger partial charge on any atom is -0.484 e. The van der Waals surface area contributed by atoms with Gasteiger partial charge < -0.3 is 19.1 Å². The fraction of sp³-hybridized carbons (Fsp3) is 0.212. The lowest BCUT2D eigenvalue weighted by Crippen LogP contribution is -2.44. The van der Waals surface area contributed by atoms with E-state index in [0.717, 1.165) is 23.4 Å². The van der Waals surface area contributed by atoms with Gasteiger partial charge in [-0.25, -0.2) is 0 Å². The Kier molecular flexibility index (Phi) is 10.7. The molecule has 1 heterocycles. The maximum atomic E-state index is 13.7. The summed E-state index contributed by atoms with van der Waals surface area (Å²) in [6.45, 7) is 4.01. The number of nitrogens with zero attached hydrogens (tertiary/aromatic N) is 3. The van der Waals surface area contributed by atoms with Gasteiger partial charge in [0.15, 0.2) is 6.61 Å². The van der Waals surface area contributed by atoms with Gasteiger partial charge in [-0.2, -0.15) is 13.2 Å². The second kappa shape index (κ2) is 14.6. The lowest BCUT2D eigenvalue weighted by Gasteiger charge is -2.28. The number of carbonyl (C=O) groups is 2. The SMILES string of the molecule is C=CCN(CC(=O)N(Cc1ccccc1)Cc1cccn1Cc1cccc(C(F)(F)F)c1)C(=O)COc1ccc(Cl)cc1.